The molecule has 0 aromatic carbocycles. The SMILES string of the molecule is O=C(COC1CCCC1)Nc1nnc(-c2ccccn2)[nH]1. The average Bonchev–Trinajstić information content (AvgIpc) is 3.17. The summed E-state index contributed by atoms with van der Waals surface area (Å²) in [5, 5.41) is 10.5. The van der Waals surface area contributed by atoms with Crippen LogP contribution in [0.3, 0.4) is 0 Å². The Morgan fingerprint density at radius 1 is 1.33 bits per heavy atom. The van der Waals surface area contributed by atoms with E-state index in [0.717, 1.165) is 12.8 Å². The van der Waals surface area contributed by atoms with Crippen LogP contribution in [0.1, 0.15) is 25.7 Å². The van der Waals surface area contributed by atoms with Gasteiger partial charge in [0.1, 0.15) is 12.3 Å². The maximum atomic E-state index is 11.8. The third-order valence-corrected chi connectivity index (χ3v) is 3.40. The van der Waals surface area contributed by atoms with E-state index in [1.165, 1.54) is 12.8 Å². The number of H-pyrrole nitrogens is 1. The molecule has 1 amide bonds. The zero-order chi connectivity index (χ0) is 14.5. The van der Waals surface area contributed by atoms with Crippen LogP contribution in [0.2, 0.25) is 0 Å². The van der Waals surface area contributed by atoms with Crippen molar-refractivity contribution >= 4 is 11.9 Å². The molecule has 1 fully saturated rings. The minimum Gasteiger partial charge on any atom is -0.368 e. The van der Waals surface area contributed by atoms with Gasteiger partial charge >= 0.3 is 0 Å². The molecule has 7 heteroatoms. The quantitative estimate of drug-likeness (QED) is 0.874. The number of nitrogens with one attached hydrogen (secondary N) is 2. The normalized spacial score (nSPS) is 15.2. The first-order chi connectivity index (χ1) is 10.3. The highest BCUT2D eigenvalue weighted by atomic mass is 16.5. The summed E-state index contributed by atoms with van der Waals surface area (Å²) in [6.07, 6.45) is 6.34. The second kappa shape index (κ2) is 6.45. The number of aromatic amines is 1. The van der Waals surface area contributed by atoms with E-state index in [-0.39, 0.29) is 18.6 Å². The summed E-state index contributed by atoms with van der Waals surface area (Å²) in [6, 6.07) is 5.50. The zero-order valence-electron chi connectivity index (χ0n) is 11.6. The highest BCUT2D eigenvalue weighted by molar-refractivity contribution is 5.90. The van der Waals surface area contributed by atoms with Crippen molar-refractivity contribution in [1.29, 1.82) is 0 Å². The van der Waals surface area contributed by atoms with Crippen LogP contribution < -0.4 is 5.32 Å². The molecule has 1 aliphatic carbocycles. The lowest BCUT2D eigenvalue weighted by Gasteiger charge is -2.09. The predicted octanol–water partition coefficient (Wildman–Crippen LogP) is 1.76. The first-order valence-corrected chi connectivity index (χ1v) is 7.07. The van der Waals surface area contributed by atoms with Crippen LogP contribution >= 0.6 is 0 Å². The molecule has 21 heavy (non-hydrogen) atoms. The van der Waals surface area contributed by atoms with Crippen LogP contribution in [0.5, 0.6) is 0 Å². The lowest BCUT2D eigenvalue weighted by molar-refractivity contribution is -0.122. The van der Waals surface area contributed by atoms with Crippen molar-refractivity contribution in [3.63, 3.8) is 0 Å². The van der Waals surface area contributed by atoms with E-state index >= 15 is 0 Å². The number of carbonyl (C=O) groups is 1. The molecule has 2 aromatic heterocycles. The van der Waals surface area contributed by atoms with E-state index in [9.17, 15) is 4.79 Å². The molecule has 0 aliphatic heterocycles. The second-order valence-electron chi connectivity index (χ2n) is 5.00. The number of aromatic nitrogens is 4. The molecular formula is C14H17N5O2. The summed E-state index contributed by atoms with van der Waals surface area (Å²) in [5.41, 5.74) is 0.674. The minimum absolute atomic E-state index is 0.0459. The van der Waals surface area contributed by atoms with E-state index in [0.29, 0.717) is 17.5 Å². The highest BCUT2D eigenvalue weighted by Crippen LogP contribution is 2.20. The van der Waals surface area contributed by atoms with Gasteiger partial charge in [0, 0.05) is 6.20 Å². The van der Waals surface area contributed by atoms with E-state index in [1.54, 1.807) is 6.20 Å². The third kappa shape index (κ3) is 3.63. The Labute approximate surface area is 122 Å². The lowest BCUT2D eigenvalue weighted by atomic mass is 10.3. The van der Waals surface area contributed by atoms with Crippen molar-refractivity contribution in [2.75, 3.05) is 11.9 Å². The van der Waals surface area contributed by atoms with Crippen LogP contribution in [-0.2, 0) is 9.53 Å². The van der Waals surface area contributed by atoms with Crippen molar-refractivity contribution in [1.82, 2.24) is 20.2 Å². The fourth-order valence-corrected chi connectivity index (χ4v) is 2.35. The molecule has 0 atom stereocenters. The molecule has 1 aliphatic rings. The molecule has 0 spiro atoms. The number of rotatable bonds is 5. The molecule has 3 rings (SSSR count). The van der Waals surface area contributed by atoms with Gasteiger partial charge in [-0.15, -0.1) is 10.2 Å². The topological polar surface area (TPSA) is 92.8 Å². The Morgan fingerprint density at radius 2 is 2.19 bits per heavy atom. The van der Waals surface area contributed by atoms with Crippen LogP contribution in [-0.4, -0.2) is 38.8 Å². The van der Waals surface area contributed by atoms with Gasteiger partial charge in [0.25, 0.3) is 5.91 Å². The van der Waals surface area contributed by atoms with Gasteiger partial charge in [-0.3, -0.25) is 15.1 Å². The zero-order valence-corrected chi connectivity index (χ0v) is 11.6. The second-order valence-corrected chi connectivity index (χ2v) is 5.00. The van der Waals surface area contributed by atoms with Crippen LogP contribution in [0.25, 0.3) is 11.5 Å². The van der Waals surface area contributed by atoms with Crippen LogP contribution in [0.15, 0.2) is 24.4 Å². The highest BCUT2D eigenvalue weighted by Gasteiger charge is 2.17. The molecule has 2 N–H and O–H groups in total. The standard InChI is InChI=1S/C14H17N5O2/c20-12(9-21-10-5-1-2-6-10)16-14-17-13(18-19-14)11-7-3-4-8-15-11/h3-4,7-8,10H,1-2,5-6,9H2,(H2,16,17,18,19,20). The summed E-state index contributed by atoms with van der Waals surface area (Å²) in [4.78, 5) is 18.9. The molecule has 110 valence electrons. The molecule has 0 radical (unpaired) electrons. The summed E-state index contributed by atoms with van der Waals surface area (Å²) in [7, 11) is 0. The number of ether oxygens (including phenoxy) is 1. The maximum absolute atomic E-state index is 11.8. The van der Waals surface area contributed by atoms with E-state index in [1.807, 2.05) is 18.2 Å². The summed E-state index contributed by atoms with van der Waals surface area (Å²) >= 11 is 0. The number of hydrogen-bond acceptors (Lipinski definition) is 5. The Kier molecular flexibility index (Phi) is 4.20. The van der Waals surface area contributed by atoms with Crippen molar-refractivity contribution in [2.24, 2.45) is 0 Å². The smallest absolute Gasteiger partial charge is 0.252 e. The van der Waals surface area contributed by atoms with Gasteiger partial charge in [-0.25, -0.2) is 0 Å². The molecule has 2 heterocycles. The van der Waals surface area contributed by atoms with Crippen molar-refractivity contribution in [3.05, 3.63) is 24.4 Å². The molecule has 7 nitrogen and oxygen atoms in total. The molecule has 0 bridgehead atoms. The summed E-state index contributed by atoms with van der Waals surface area (Å²) in [5.74, 6) is 0.587. The van der Waals surface area contributed by atoms with E-state index < -0.39 is 0 Å². The molecule has 0 unspecified atom stereocenters. The van der Waals surface area contributed by atoms with Crippen molar-refractivity contribution in [3.8, 4) is 11.5 Å². The number of hydrogen-bond donors (Lipinski definition) is 2. The molecule has 1 saturated carbocycles. The van der Waals surface area contributed by atoms with Gasteiger partial charge in [0.2, 0.25) is 5.95 Å². The van der Waals surface area contributed by atoms with Gasteiger partial charge < -0.3 is 9.72 Å². The fourth-order valence-electron chi connectivity index (χ4n) is 2.35. The summed E-state index contributed by atoms with van der Waals surface area (Å²) in [6.45, 7) is 0.0459. The largest absolute Gasteiger partial charge is 0.368 e. The number of nitrogens with zero attached hydrogens (tertiary/aromatic N) is 3. The first-order valence-electron chi connectivity index (χ1n) is 7.07. The van der Waals surface area contributed by atoms with Gasteiger partial charge in [-0.05, 0) is 25.0 Å². The Hall–Kier alpha value is -2.28. The Bertz CT molecular complexity index is 592. The molecular weight excluding hydrogens is 270 g/mol. The van der Waals surface area contributed by atoms with Crippen molar-refractivity contribution < 1.29 is 9.53 Å². The lowest BCUT2D eigenvalue weighted by Crippen LogP contribution is -2.22. The number of amides is 1. The molecule has 0 saturated heterocycles. The number of anilines is 1. The van der Waals surface area contributed by atoms with Gasteiger partial charge in [0.05, 0.1) is 6.10 Å². The van der Waals surface area contributed by atoms with Crippen molar-refractivity contribution in [2.45, 2.75) is 31.8 Å². The van der Waals surface area contributed by atoms with Crippen LogP contribution in [0.4, 0.5) is 5.95 Å². The Morgan fingerprint density at radius 3 is 2.95 bits per heavy atom. The van der Waals surface area contributed by atoms with Crippen LogP contribution in [0, 0.1) is 0 Å². The maximum Gasteiger partial charge on any atom is 0.252 e. The number of pyridine rings is 1. The van der Waals surface area contributed by atoms with E-state index in [4.69, 9.17) is 4.74 Å². The van der Waals surface area contributed by atoms with Gasteiger partial charge in [-0.2, -0.15) is 0 Å². The summed E-state index contributed by atoms with van der Waals surface area (Å²) < 4.78 is 5.54. The Balaban J connectivity index is 1.53. The minimum atomic E-state index is -0.231. The fraction of sp³-hybridized carbons (Fsp3) is 0.429. The first kappa shape index (κ1) is 13.7. The van der Waals surface area contributed by atoms with E-state index in [2.05, 4.69) is 25.5 Å². The third-order valence-electron chi connectivity index (χ3n) is 3.40. The number of carbonyl (C=O) groups excluding carboxylic acids is 1. The monoisotopic (exact) mass is 287 g/mol. The van der Waals surface area contributed by atoms with Gasteiger partial charge in [-0.1, -0.05) is 18.9 Å². The average molecular weight is 287 g/mol. The predicted molar refractivity (Wildman–Crippen MR) is 76.5 cm³/mol. The molecule has 2 aromatic rings. The van der Waals surface area contributed by atoms with Gasteiger partial charge in [0.15, 0.2) is 5.82 Å².